The molecule has 1 spiro atoms. The molecule has 0 bridgehead atoms. The van der Waals surface area contributed by atoms with Crippen molar-refractivity contribution in [3.8, 4) is 0 Å². The van der Waals surface area contributed by atoms with E-state index in [1.165, 1.54) is 12.8 Å². The fourth-order valence-electron chi connectivity index (χ4n) is 2.91. The van der Waals surface area contributed by atoms with Gasteiger partial charge in [0.15, 0.2) is 0 Å². The Labute approximate surface area is 79.8 Å². The molecule has 2 fully saturated rings. The zero-order valence-electron chi connectivity index (χ0n) is 8.51. The number of nitrogens with one attached hydrogen (secondary N) is 1. The molecule has 13 heavy (non-hydrogen) atoms. The summed E-state index contributed by atoms with van der Waals surface area (Å²) in [7, 11) is 3.64. The normalized spacial score (nSPS) is 37.4. The first-order valence-corrected chi connectivity index (χ1v) is 5.10. The van der Waals surface area contributed by atoms with Gasteiger partial charge in [-0.25, -0.2) is 0 Å². The summed E-state index contributed by atoms with van der Waals surface area (Å²) >= 11 is 0. The Balaban J connectivity index is 2.05. The van der Waals surface area contributed by atoms with Gasteiger partial charge in [-0.15, -0.1) is 0 Å². The molecule has 2 aliphatic rings. The van der Waals surface area contributed by atoms with Gasteiger partial charge in [0.1, 0.15) is 0 Å². The van der Waals surface area contributed by atoms with Crippen LogP contribution in [0.5, 0.6) is 0 Å². The molecule has 0 aromatic carbocycles. The monoisotopic (exact) mass is 185 g/mol. The average molecular weight is 185 g/mol. The lowest BCUT2D eigenvalue weighted by molar-refractivity contribution is -0.204. The van der Waals surface area contributed by atoms with E-state index >= 15 is 0 Å². The van der Waals surface area contributed by atoms with Crippen LogP contribution in [0.2, 0.25) is 0 Å². The lowest BCUT2D eigenvalue weighted by Gasteiger charge is -2.56. The minimum atomic E-state index is 0.328. The molecule has 1 saturated carbocycles. The molecule has 2 atom stereocenters. The predicted octanol–water partition coefficient (Wildman–Crippen LogP) is 0.790. The number of hydrogen-bond donors (Lipinski definition) is 1. The summed E-state index contributed by atoms with van der Waals surface area (Å²) in [5, 5.41) is 3.39. The Morgan fingerprint density at radius 1 is 1.08 bits per heavy atom. The van der Waals surface area contributed by atoms with Gasteiger partial charge in [-0.2, -0.15) is 0 Å². The maximum Gasteiger partial charge on any atom is 0.0678 e. The summed E-state index contributed by atoms with van der Waals surface area (Å²) < 4.78 is 11.0. The van der Waals surface area contributed by atoms with E-state index in [1.54, 1.807) is 0 Å². The SMILES string of the molecule is COC1CC(OC)C12CCNCC2. The van der Waals surface area contributed by atoms with Gasteiger partial charge in [0, 0.05) is 26.1 Å². The van der Waals surface area contributed by atoms with Crippen molar-refractivity contribution >= 4 is 0 Å². The molecule has 1 saturated heterocycles. The van der Waals surface area contributed by atoms with Crippen molar-refractivity contribution in [1.82, 2.24) is 5.32 Å². The Morgan fingerprint density at radius 3 is 2.08 bits per heavy atom. The van der Waals surface area contributed by atoms with Crippen LogP contribution in [0.1, 0.15) is 19.3 Å². The first-order valence-electron chi connectivity index (χ1n) is 5.10. The standard InChI is InChI=1S/C10H19NO2/c1-12-8-7-9(13-2)10(8)3-5-11-6-4-10/h8-9,11H,3-7H2,1-2H3. The smallest absolute Gasteiger partial charge is 0.0678 e. The highest BCUT2D eigenvalue weighted by atomic mass is 16.5. The molecule has 2 rings (SSSR count). The molecule has 1 heterocycles. The highest BCUT2D eigenvalue weighted by Gasteiger charge is 2.55. The van der Waals surface area contributed by atoms with Crippen LogP contribution in [0.3, 0.4) is 0 Å². The fraction of sp³-hybridized carbons (Fsp3) is 1.00. The third-order valence-corrected chi connectivity index (χ3v) is 3.81. The molecule has 76 valence electrons. The van der Waals surface area contributed by atoms with Crippen molar-refractivity contribution in [2.75, 3.05) is 27.3 Å². The first-order chi connectivity index (χ1) is 6.33. The van der Waals surface area contributed by atoms with E-state index in [9.17, 15) is 0 Å². The Morgan fingerprint density at radius 2 is 1.62 bits per heavy atom. The zero-order valence-corrected chi connectivity index (χ0v) is 8.51. The number of ether oxygens (including phenoxy) is 2. The van der Waals surface area contributed by atoms with Gasteiger partial charge in [-0.1, -0.05) is 0 Å². The topological polar surface area (TPSA) is 30.5 Å². The summed E-state index contributed by atoms with van der Waals surface area (Å²) in [6.07, 6.45) is 4.33. The van der Waals surface area contributed by atoms with E-state index in [1.807, 2.05) is 14.2 Å². The van der Waals surface area contributed by atoms with E-state index in [0.717, 1.165) is 19.5 Å². The second-order valence-corrected chi connectivity index (χ2v) is 4.17. The van der Waals surface area contributed by atoms with Gasteiger partial charge in [0.2, 0.25) is 0 Å². The Bertz CT molecular complexity index is 166. The van der Waals surface area contributed by atoms with Crippen molar-refractivity contribution < 1.29 is 9.47 Å². The zero-order chi connectivity index (χ0) is 9.31. The second-order valence-electron chi connectivity index (χ2n) is 4.17. The first kappa shape index (κ1) is 9.44. The molecule has 0 aromatic rings. The van der Waals surface area contributed by atoms with Crippen molar-refractivity contribution in [3.05, 3.63) is 0 Å². The number of piperidine rings is 1. The van der Waals surface area contributed by atoms with Crippen LogP contribution < -0.4 is 5.32 Å². The molecule has 2 unspecified atom stereocenters. The van der Waals surface area contributed by atoms with Crippen molar-refractivity contribution in [1.29, 1.82) is 0 Å². The molecule has 1 aliphatic carbocycles. The predicted molar refractivity (Wildman–Crippen MR) is 50.7 cm³/mol. The molecule has 3 nitrogen and oxygen atoms in total. The second kappa shape index (κ2) is 3.56. The van der Waals surface area contributed by atoms with Crippen molar-refractivity contribution in [2.24, 2.45) is 5.41 Å². The van der Waals surface area contributed by atoms with E-state index < -0.39 is 0 Å². The van der Waals surface area contributed by atoms with Gasteiger partial charge in [0.05, 0.1) is 12.2 Å². The van der Waals surface area contributed by atoms with Crippen LogP contribution in [0, 0.1) is 5.41 Å². The molecular weight excluding hydrogens is 166 g/mol. The lowest BCUT2D eigenvalue weighted by atomic mass is 9.58. The van der Waals surface area contributed by atoms with Gasteiger partial charge in [-0.3, -0.25) is 0 Å². The summed E-state index contributed by atoms with van der Waals surface area (Å²) in [4.78, 5) is 0. The molecule has 0 amide bonds. The van der Waals surface area contributed by atoms with Crippen LogP contribution >= 0.6 is 0 Å². The Hall–Kier alpha value is -0.120. The Kier molecular flexibility index (Phi) is 2.58. The fourth-order valence-corrected chi connectivity index (χ4v) is 2.91. The third-order valence-electron chi connectivity index (χ3n) is 3.81. The summed E-state index contributed by atoms with van der Waals surface area (Å²) in [6, 6.07) is 0. The summed E-state index contributed by atoms with van der Waals surface area (Å²) in [6.45, 7) is 2.22. The van der Waals surface area contributed by atoms with Crippen molar-refractivity contribution in [3.63, 3.8) is 0 Å². The number of hydrogen-bond acceptors (Lipinski definition) is 3. The van der Waals surface area contributed by atoms with Crippen LogP contribution in [0.15, 0.2) is 0 Å². The van der Waals surface area contributed by atoms with E-state index in [4.69, 9.17) is 9.47 Å². The van der Waals surface area contributed by atoms with Crippen LogP contribution in [-0.2, 0) is 9.47 Å². The maximum absolute atomic E-state index is 5.50. The largest absolute Gasteiger partial charge is 0.381 e. The average Bonchev–Trinajstić information content (AvgIpc) is 2.19. The number of rotatable bonds is 2. The molecule has 1 N–H and O–H groups in total. The van der Waals surface area contributed by atoms with Gasteiger partial charge >= 0.3 is 0 Å². The quantitative estimate of drug-likeness (QED) is 0.690. The molecule has 0 radical (unpaired) electrons. The van der Waals surface area contributed by atoms with Crippen LogP contribution in [0.25, 0.3) is 0 Å². The molecule has 0 aromatic heterocycles. The van der Waals surface area contributed by atoms with Crippen LogP contribution in [-0.4, -0.2) is 39.5 Å². The lowest BCUT2D eigenvalue weighted by Crippen LogP contribution is -2.62. The summed E-state index contributed by atoms with van der Waals surface area (Å²) in [5.74, 6) is 0. The minimum Gasteiger partial charge on any atom is -0.381 e. The van der Waals surface area contributed by atoms with Crippen LogP contribution in [0.4, 0.5) is 0 Å². The van der Waals surface area contributed by atoms with E-state index in [2.05, 4.69) is 5.32 Å². The maximum atomic E-state index is 5.50. The third kappa shape index (κ3) is 1.30. The number of methoxy groups -OCH3 is 2. The van der Waals surface area contributed by atoms with E-state index in [-0.39, 0.29) is 0 Å². The highest BCUT2D eigenvalue weighted by molar-refractivity contribution is 5.06. The molecule has 1 aliphatic heterocycles. The summed E-state index contributed by atoms with van der Waals surface area (Å²) in [5.41, 5.74) is 0.328. The molecular formula is C10H19NO2. The van der Waals surface area contributed by atoms with Gasteiger partial charge < -0.3 is 14.8 Å². The van der Waals surface area contributed by atoms with Gasteiger partial charge in [0.25, 0.3) is 0 Å². The highest BCUT2D eigenvalue weighted by Crippen LogP contribution is 2.50. The van der Waals surface area contributed by atoms with E-state index in [0.29, 0.717) is 17.6 Å². The minimum absolute atomic E-state index is 0.328. The van der Waals surface area contributed by atoms with Crippen molar-refractivity contribution in [2.45, 2.75) is 31.5 Å². The van der Waals surface area contributed by atoms with Gasteiger partial charge in [-0.05, 0) is 25.9 Å². The molecule has 3 heteroatoms.